The maximum Gasteiger partial charge on any atom is 0.339 e. The summed E-state index contributed by atoms with van der Waals surface area (Å²) in [6, 6.07) is 7.53. The first-order chi connectivity index (χ1) is 17.2. The number of amides is 2. The number of nitrogens with zero attached hydrogens (tertiary/aromatic N) is 3. The molecule has 1 aliphatic heterocycles. The maximum absolute atomic E-state index is 12.5. The van der Waals surface area contributed by atoms with Crippen molar-refractivity contribution in [3.05, 3.63) is 64.0 Å². The summed E-state index contributed by atoms with van der Waals surface area (Å²) in [4.78, 5) is 28.2. The van der Waals surface area contributed by atoms with Gasteiger partial charge in [-0.25, -0.2) is 15.1 Å². The maximum atomic E-state index is 12.5. The smallest absolute Gasteiger partial charge is 0.339 e. The molecule has 2 amide bonds. The number of fused-ring (bicyclic) bond motifs is 2. The second-order valence-electron chi connectivity index (χ2n) is 9.25. The average Bonchev–Trinajstić information content (AvgIpc) is 3.20. The van der Waals surface area contributed by atoms with Crippen LogP contribution in [0.2, 0.25) is 0 Å². The van der Waals surface area contributed by atoms with Crippen LogP contribution in [-0.2, 0) is 28.5 Å². The lowest BCUT2D eigenvalue weighted by Crippen LogP contribution is -2.59. The molecule has 3 heterocycles. The lowest BCUT2D eigenvalue weighted by molar-refractivity contribution is -0.131. The fraction of sp³-hybridized carbons (Fsp3) is 0.400. The number of nitrogens with one attached hydrogen (secondary N) is 1. The monoisotopic (exact) mass is 559 g/mol. The van der Waals surface area contributed by atoms with Crippen molar-refractivity contribution in [3.8, 4) is 0 Å². The summed E-state index contributed by atoms with van der Waals surface area (Å²) in [7, 11) is 6.07. The number of benzene rings is 1. The Kier molecular flexibility index (Phi) is 7.65. The highest BCUT2D eigenvalue weighted by Crippen LogP contribution is 2.49. The molecule has 4 N–H and O–H groups in total. The first-order valence-corrected chi connectivity index (χ1v) is 12.3. The minimum absolute atomic E-state index is 0.172. The van der Waals surface area contributed by atoms with E-state index in [0.717, 1.165) is 23.9 Å². The number of urea groups is 1. The van der Waals surface area contributed by atoms with Gasteiger partial charge in [0, 0.05) is 66.6 Å². The van der Waals surface area contributed by atoms with Gasteiger partial charge in [-0.2, -0.15) is 0 Å². The molecule has 0 saturated carbocycles. The van der Waals surface area contributed by atoms with Gasteiger partial charge in [0.1, 0.15) is 5.60 Å². The molecule has 1 fully saturated rings. The number of nitrogens with two attached hydrogens (primary N) is 1. The normalized spacial score (nSPS) is 22.8. The Hall–Kier alpha value is -2.99. The van der Waals surface area contributed by atoms with E-state index in [1.165, 1.54) is 33.7 Å². The molecule has 2 aliphatic rings. The molecular formula is C25H30BrN5O5. The van der Waals surface area contributed by atoms with Crippen molar-refractivity contribution >= 4 is 38.8 Å². The molecule has 0 spiro atoms. The molecule has 3 atom stereocenters. The number of hydrogen-bond acceptors (Lipinski definition) is 7. The first-order valence-electron chi connectivity index (χ1n) is 11.5. The second-order valence-corrected chi connectivity index (χ2v) is 10.2. The number of primary amides is 1. The van der Waals surface area contributed by atoms with E-state index in [2.05, 4.69) is 74.6 Å². The van der Waals surface area contributed by atoms with Crippen LogP contribution in [-0.4, -0.2) is 65.0 Å². The summed E-state index contributed by atoms with van der Waals surface area (Å²) in [5.41, 5.74) is 9.35. The average molecular weight is 560 g/mol. The fourth-order valence-corrected chi connectivity index (χ4v) is 5.99. The van der Waals surface area contributed by atoms with Crippen molar-refractivity contribution in [2.24, 2.45) is 18.7 Å². The number of esters is 1. The van der Waals surface area contributed by atoms with E-state index in [9.17, 15) is 9.59 Å². The SMILES string of the molecule is COC12CC(COC(=O)c3cncc(Br)c3)CN(C)C1Cc1cn(C)c3cccc2c13.NC(=O)NO. The van der Waals surface area contributed by atoms with E-state index in [1.807, 2.05) is 7.11 Å². The molecule has 0 radical (unpaired) electrons. The van der Waals surface area contributed by atoms with Crippen LogP contribution in [0.25, 0.3) is 10.9 Å². The number of aromatic nitrogens is 2. The number of aryl methyl sites for hydroxylation is 1. The Morgan fingerprint density at radius 1 is 1.33 bits per heavy atom. The van der Waals surface area contributed by atoms with Gasteiger partial charge in [0.25, 0.3) is 0 Å². The summed E-state index contributed by atoms with van der Waals surface area (Å²) in [6.45, 7) is 1.21. The van der Waals surface area contributed by atoms with Gasteiger partial charge < -0.3 is 19.8 Å². The Morgan fingerprint density at radius 3 is 2.75 bits per heavy atom. The van der Waals surface area contributed by atoms with Crippen LogP contribution >= 0.6 is 15.9 Å². The zero-order chi connectivity index (χ0) is 26.0. The molecule has 1 saturated heterocycles. The summed E-state index contributed by atoms with van der Waals surface area (Å²) >= 11 is 3.35. The molecule has 3 aromatic rings. The van der Waals surface area contributed by atoms with Crippen molar-refractivity contribution < 1.29 is 24.3 Å². The van der Waals surface area contributed by atoms with Crippen molar-refractivity contribution in [2.75, 3.05) is 27.3 Å². The predicted octanol–water partition coefficient (Wildman–Crippen LogP) is 2.95. The quantitative estimate of drug-likeness (QED) is 0.254. The third-order valence-electron chi connectivity index (χ3n) is 7.04. The zero-order valence-corrected chi connectivity index (χ0v) is 22.0. The van der Waals surface area contributed by atoms with Gasteiger partial charge in [0.05, 0.1) is 12.2 Å². The van der Waals surface area contributed by atoms with Crippen molar-refractivity contribution in [1.82, 2.24) is 19.9 Å². The number of hydrogen-bond donors (Lipinski definition) is 3. The minimum atomic E-state index is -0.940. The van der Waals surface area contributed by atoms with Crippen LogP contribution in [0.3, 0.4) is 0 Å². The van der Waals surface area contributed by atoms with Gasteiger partial charge in [-0.3, -0.25) is 15.1 Å². The number of hydroxylamine groups is 1. The van der Waals surface area contributed by atoms with Crippen LogP contribution in [0.5, 0.6) is 0 Å². The molecule has 0 bridgehead atoms. The Labute approximate surface area is 217 Å². The first kappa shape index (κ1) is 26.1. The fourth-order valence-electron chi connectivity index (χ4n) is 5.63. The Bertz CT molecular complexity index is 1280. The van der Waals surface area contributed by atoms with Crippen LogP contribution in [0, 0.1) is 5.92 Å². The number of rotatable bonds is 4. The van der Waals surface area contributed by atoms with Crippen LogP contribution in [0.1, 0.15) is 27.9 Å². The van der Waals surface area contributed by atoms with Gasteiger partial charge in [0.15, 0.2) is 0 Å². The number of piperidine rings is 1. The number of methoxy groups -OCH3 is 1. The van der Waals surface area contributed by atoms with Crippen LogP contribution in [0.15, 0.2) is 47.3 Å². The summed E-state index contributed by atoms with van der Waals surface area (Å²) in [5.74, 6) is -0.174. The number of likely N-dealkylation sites (N-methyl/N-ethyl adjacent to an activating group) is 1. The van der Waals surface area contributed by atoms with Crippen LogP contribution < -0.4 is 11.2 Å². The van der Waals surface area contributed by atoms with Crippen molar-refractivity contribution in [2.45, 2.75) is 24.5 Å². The third kappa shape index (κ3) is 4.83. The topological polar surface area (TPSA) is 132 Å². The highest BCUT2D eigenvalue weighted by Gasteiger charge is 2.51. The van der Waals surface area contributed by atoms with E-state index < -0.39 is 11.6 Å². The predicted molar refractivity (Wildman–Crippen MR) is 137 cm³/mol. The molecule has 1 aromatic carbocycles. The number of ether oxygens (including phenoxy) is 2. The minimum Gasteiger partial charge on any atom is -0.462 e. The molecular weight excluding hydrogens is 530 g/mol. The van der Waals surface area contributed by atoms with Gasteiger partial charge in [-0.05, 0) is 59.1 Å². The molecule has 10 nitrogen and oxygen atoms in total. The van der Waals surface area contributed by atoms with Crippen LogP contribution in [0.4, 0.5) is 4.79 Å². The molecule has 11 heteroatoms. The number of carbonyl (C=O) groups is 2. The number of carbonyl (C=O) groups excluding carboxylic acids is 2. The highest BCUT2D eigenvalue weighted by atomic mass is 79.9. The van der Waals surface area contributed by atoms with E-state index >= 15 is 0 Å². The summed E-state index contributed by atoms with van der Waals surface area (Å²) in [6.07, 6.45) is 7.20. The number of halogens is 1. The van der Waals surface area contributed by atoms with E-state index in [-0.39, 0.29) is 17.9 Å². The number of likely N-dealkylation sites (tertiary alicyclic amines) is 1. The molecule has 3 unspecified atom stereocenters. The molecule has 2 aromatic heterocycles. The van der Waals surface area contributed by atoms with E-state index in [1.54, 1.807) is 12.3 Å². The second kappa shape index (κ2) is 10.6. The molecule has 5 rings (SSSR count). The molecule has 1 aliphatic carbocycles. The van der Waals surface area contributed by atoms with Gasteiger partial charge >= 0.3 is 12.0 Å². The standard InChI is InChI=1S/C24H26BrN3O3.CH4N2O2/c1-27-13-17-8-21-24(30-3,19-5-4-6-20(27)22(17)19)9-15(12-28(21)2)14-31-23(29)16-7-18(25)11-26-10-16;2-1(4)3-5/h4-7,10-11,13,15,21H,8-9,12,14H2,1-3H3;5H,(H3,2,3,4). The number of pyridine rings is 1. The lowest BCUT2D eigenvalue weighted by atomic mass is 9.69. The summed E-state index contributed by atoms with van der Waals surface area (Å²) < 4.78 is 15.0. The lowest BCUT2D eigenvalue weighted by Gasteiger charge is -2.53. The van der Waals surface area contributed by atoms with E-state index in [0.29, 0.717) is 12.2 Å². The van der Waals surface area contributed by atoms with Gasteiger partial charge in [-0.15, -0.1) is 0 Å². The third-order valence-corrected chi connectivity index (χ3v) is 7.47. The molecule has 192 valence electrons. The Morgan fingerprint density at radius 2 is 2.08 bits per heavy atom. The van der Waals surface area contributed by atoms with Gasteiger partial charge in [-0.1, -0.05) is 12.1 Å². The van der Waals surface area contributed by atoms with Crippen molar-refractivity contribution in [1.29, 1.82) is 0 Å². The zero-order valence-electron chi connectivity index (χ0n) is 20.4. The van der Waals surface area contributed by atoms with Crippen molar-refractivity contribution in [3.63, 3.8) is 0 Å². The molecule has 36 heavy (non-hydrogen) atoms. The van der Waals surface area contributed by atoms with E-state index in [4.69, 9.17) is 14.7 Å². The Balaban J connectivity index is 0.000000556. The van der Waals surface area contributed by atoms with Gasteiger partial charge in [0.2, 0.25) is 0 Å². The highest BCUT2D eigenvalue weighted by molar-refractivity contribution is 9.10. The summed E-state index contributed by atoms with van der Waals surface area (Å²) in [5, 5.41) is 8.73. The largest absolute Gasteiger partial charge is 0.462 e.